The number of amides is 2. The molecule has 8 heteroatoms. The van der Waals surface area contributed by atoms with Crippen LogP contribution >= 0.6 is 0 Å². The first-order valence-corrected chi connectivity index (χ1v) is 7.99. The number of primary amides is 1. The normalized spacial score (nSPS) is 10.7. The van der Waals surface area contributed by atoms with E-state index in [0.29, 0.717) is 11.3 Å². The number of ketones is 1. The van der Waals surface area contributed by atoms with E-state index in [2.05, 4.69) is 5.32 Å². The number of hydrogen-bond acceptors (Lipinski definition) is 5. The fourth-order valence-electron chi connectivity index (χ4n) is 2.34. The Labute approximate surface area is 154 Å². The van der Waals surface area contributed by atoms with Crippen LogP contribution in [-0.2, 0) is 11.8 Å². The zero-order valence-electron chi connectivity index (χ0n) is 14.9. The smallest absolute Gasteiger partial charge is 0.265 e. The fourth-order valence-corrected chi connectivity index (χ4v) is 2.34. The standard InChI is InChI=1S/C19H19N3O5/c1-11-8-15(24)17(19(27)22(11)2)14(23)7-6-12-4-3-5-13(9-12)18(26)21-10-16(20)25/h3-9,24H,10H2,1-2H3,(H2,20,25)(H,21,26). The second kappa shape index (κ2) is 8.13. The van der Waals surface area contributed by atoms with Crippen molar-refractivity contribution in [3.8, 4) is 5.75 Å². The van der Waals surface area contributed by atoms with Crippen LogP contribution in [0.15, 0.2) is 41.2 Å². The Morgan fingerprint density at radius 1 is 1.26 bits per heavy atom. The Morgan fingerprint density at radius 3 is 2.63 bits per heavy atom. The lowest BCUT2D eigenvalue weighted by atomic mass is 10.1. The van der Waals surface area contributed by atoms with Crippen molar-refractivity contribution in [1.82, 2.24) is 9.88 Å². The molecular weight excluding hydrogens is 350 g/mol. The van der Waals surface area contributed by atoms with Gasteiger partial charge in [-0.3, -0.25) is 19.2 Å². The Kier molecular flexibility index (Phi) is 5.92. The molecule has 2 rings (SSSR count). The molecule has 0 bridgehead atoms. The number of rotatable bonds is 6. The zero-order chi connectivity index (χ0) is 20.1. The lowest BCUT2D eigenvalue weighted by Gasteiger charge is -2.07. The third-order valence-electron chi connectivity index (χ3n) is 3.89. The second-order valence-electron chi connectivity index (χ2n) is 5.88. The van der Waals surface area contributed by atoms with Crippen LogP contribution in [0.3, 0.4) is 0 Å². The Hall–Kier alpha value is -3.68. The summed E-state index contributed by atoms with van der Waals surface area (Å²) < 4.78 is 1.27. The molecule has 8 nitrogen and oxygen atoms in total. The van der Waals surface area contributed by atoms with Crippen LogP contribution in [0.2, 0.25) is 0 Å². The monoisotopic (exact) mass is 369 g/mol. The third-order valence-corrected chi connectivity index (χ3v) is 3.89. The number of carbonyl (C=O) groups excluding carboxylic acids is 3. The zero-order valence-corrected chi connectivity index (χ0v) is 14.9. The molecule has 1 aromatic carbocycles. The van der Waals surface area contributed by atoms with Gasteiger partial charge in [-0.15, -0.1) is 0 Å². The van der Waals surface area contributed by atoms with Crippen molar-refractivity contribution < 1.29 is 19.5 Å². The van der Waals surface area contributed by atoms with E-state index < -0.39 is 23.2 Å². The Morgan fingerprint density at radius 2 is 1.96 bits per heavy atom. The minimum absolute atomic E-state index is 0.278. The van der Waals surface area contributed by atoms with E-state index in [1.54, 1.807) is 19.1 Å². The molecule has 0 saturated heterocycles. The summed E-state index contributed by atoms with van der Waals surface area (Å²) >= 11 is 0. The van der Waals surface area contributed by atoms with Gasteiger partial charge >= 0.3 is 0 Å². The van der Waals surface area contributed by atoms with E-state index >= 15 is 0 Å². The molecule has 0 radical (unpaired) electrons. The first-order chi connectivity index (χ1) is 12.7. The van der Waals surface area contributed by atoms with Crippen LogP contribution in [0.1, 0.15) is 32.0 Å². The highest BCUT2D eigenvalue weighted by Crippen LogP contribution is 2.16. The Bertz CT molecular complexity index is 1000. The molecule has 140 valence electrons. The van der Waals surface area contributed by atoms with Gasteiger partial charge < -0.3 is 20.7 Å². The van der Waals surface area contributed by atoms with E-state index in [1.165, 1.54) is 35.9 Å². The first-order valence-electron chi connectivity index (χ1n) is 7.99. The molecule has 0 aliphatic heterocycles. The minimum Gasteiger partial charge on any atom is -0.507 e. The first kappa shape index (κ1) is 19.6. The lowest BCUT2D eigenvalue weighted by molar-refractivity contribution is -0.117. The predicted molar refractivity (Wildman–Crippen MR) is 99.4 cm³/mol. The molecule has 0 spiro atoms. The van der Waals surface area contributed by atoms with Gasteiger partial charge in [0.1, 0.15) is 11.3 Å². The van der Waals surface area contributed by atoms with Crippen LogP contribution in [0.4, 0.5) is 0 Å². The molecule has 0 saturated carbocycles. The number of carbonyl (C=O) groups is 3. The number of aromatic hydroxyl groups is 1. The molecule has 0 fully saturated rings. The minimum atomic E-state index is -0.663. The van der Waals surface area contributed by atoms with Crippen LogP contribution < -0.4 is 16.6 Å². The number of nitrogens with two attached hydrogens (primary N) is 1. The van der Waals surface area contributed by atoms with Gasteiger partial charge in [0.25, 0.3) is 11.5 Å². The summed E-state index contributed by atoms with van der Waals surface area (Å²) in [6, 6.07) is 7.64. The Balaban J connectivity index is 2.24. The van der Waals surface area contributed by atoms with Gasteiger partial charge in [-0.1, -0.05) is 18.2 Å². The van der Waals surface area contributed by atoms with Crippen LogP contribution in [0.25, 0.3) is 6.08 Å². The van der Waals surface area contributed by atoms with E-state index in [1.807, 2.05) is 0 Å². The average Bonchev–Trinajstić information content (AvgIpc) is 2.62. The molecule has 0 unspecified atom stereocenters. The van der Waals surface area contributed by atoms with E-state index in [9.17, 15) is 24.3 Å². The summed E-state index contributed by atoms with van der Waals surface area (Å²) in [7, 11) is 1.51. The van der Waals surface area contributed by atoms with Crippen molar-refractivity contribution in [2.24, 2.45) is 12.8 Å². The van der Waals surface area contributed by atoms with Crippen LogP contribution in [-0.4, -0.2) is 33.8 Å². The summed E-state index contributed by atoms with van der Waals surface area (Å²) in [5, 5.41) is 12.3. The second-order valence-corrected chi connectivity index (χ2v) is 5.88. The molecular formula is C19H19N3O5. The molecule has 0 atom stereocenters. The number of aromatic nitrogens is 1. The van der Waals surface area contributed by atoms with E-state index in [0.717, 1.165) is 6.08 Å². The van der Waals surface area contributed by atoms with Crippen molar-refractivity contribution >= 4 is 23.7 Å². The van der Waals surface area contributed by atoms with Crippen molar-refractivity contribution in [1.29, 1.82) is 0 Å². The van der Waals surface area contributed by atoms with Crippen LogP contribution in [0, 0.1) is 6.92 Å². The van der Waals surface area contributed by atoms with Crippen molar-refractivity contribution in [2.45, 2.75) is 6.92 Å². The highest BCUT2D eigenvalue weighted by Gasteiger charge is 2.16. The summed E-state index contributed by atoms with van der Waals surface area (Å²) in [4.78, 5) is 47.2. The van der Waals surface area contributed by atoms with Crippen LogP contribution in [0.5, 0.6) is 5.75 Å². The molecule has 4 N–H and O–H groups in total. The third kappa shape index (κ3) is 4.69. The highest BCUT2D eigenvalue weighted by molar-refractivity contribution is 6.08. The van der Waals surface area contributed by atoms with Gasteiger partial charge in [0, 0.05) is 24.4 Å². The number of aryl methyl sites for hydroxylation is 1. The topological polar surface area (TPSA) is 131 Å². The number of pyridine rings is 1. The number of nitrogens with zero attached hydrogens (tertiary/aromatic N) is 1. The number of nitrogens with one attached hydrogen (secondary N) is 1. The summed E-state index contributed by atoms with van der Waals surface area (Å²) in [6.07, 6.45) is 2.57. The highest BCUT2D eigenvalue weighted by atomic mass is 16.3. The molecule has 0 aliphatic carbocycles. The van der Waals surface area contributed by atoms with Gasteiger partial charge in [0.2, 0.25) is 5.91 Å². The van der Waals surface area contributed by atoms with E-state index in [-0.39, 0.29) is 23.4 Å². The van der Waals surface area contributed by atoms with Crippen molar-refractivity contribution in [3.63, 3.8) is 0 Å². The SMILES string of the molecule is Cc1cc(O)c(C(=O)C=Cc2cccc(C(=O)NCC(N)=O)c2)c(=O)n1C. The number of benzene rings is 1. The molecule has 2 aromatic rings. The van der Waals surface area contributed by atoms with Crippen molar-refractivity contribution in [3.05, 3.63) is 69.1 Å². The molecule has 1 aromatic heterocycles. The molecule has 0 aliphatic rings. The van der Waals surface area contributed by atoms with Gasteiger partial charge in [-0.25, -0.2) is 0 Å². The summed E-state index contributed by atoms with van der Waals surface area (Å²) in [5.41, 5.74) is 5.38. The lowest BCUT2D eigenvalue weighted by Crippen LogP contribution is -2.33. The maximum absolute atomic E-state index is 12.3. The molecule has 27 heavy (non-hydrogen) atoms. The van der Waals surface area contributed by atoms with Gasteiger partial charge in [0.05, 0.1) is 6.54 Å². The van der Waals surface area contributed by atoms with Gasteiger partial charge in [-0.05, 0) is 30.7 Å². The van der Waals surface area contributed by atoms with E-state index in [4.69, 9.17) is 5.73 Å². The average molecular weight is 369 g/mol. The largest absolute Gasteiger partial charge is 0.507 e. The molecule has 2 amide bonds. The maximum Gasteiger partial charge on any atom is 0.265 e. The number of allylic oxidation sites excluding steroid dienone is 1. The summed E-state index contributed by atoms with van der Waals surface area (Å²) in [5.74, 6) is -2.19. The fraction of sp³-hybridized carbons (Fsp3) is 0.158. The summed E-state index contributed by atoms with van der Waals surface area (Å²) in [6.45, 7) is 1.35. The molecule has 1 heterocycles. The maximum atomic E-state index is 12.3. The van der Waals surface area contributed by atoms with Gasteiger partial charge in [0.15, 0.2) is 5.78 Å². The van der Waals surface area contributed by atoms with Gasteiger partial charge in [-0.2, -0.15) is 0 Å². The number of hydrogen-bond donors (Lipinski definition) is 3. The quantitative estimate of drug-likeness (QED) is 0.504. The van der Waals surface area contributed by atoms with Crippen molar-refractivity contribution in [2.75, 3.05) is 6.54 Å². The predicted octanol–water partition coefficient (Wildman–Crippen LogP) is 0.511.